The van der Waals surface area contributed by atoms with Crippen LogP contribution in [0.25, 0.3) is 11.4 Å². The number of nitro benzene ring substituents is 1. The van der Waals surface area contributed by atoms with Crippen LogP contribution in [0.4, 0.5) is 5.69 Å². The van der Waals surface area contributed by atoms with Crippen LogP contribution in [0, 0.1) is 17.0 Å². The number of hydrogen-bond acceptors (Lipinski definition) is 6. The number of nitro groups is 1. The minimum Gasteiger partial charge on any atom is -0.481 e. The molecule has 110 valence electrons. The SMILES string of the molecule is Cc1cc(-c2nc(SCC(=O)O)n(C)n2)ccc1[N+](=O)[O-]. The van der Waals surface area contributed by atoms with Gasteiger partial charge in [-0.1, -0.05) is 11.8 Å². The molecule has 0 saturated carbocycles. The summed E-state index contributed by atoms with van der Waals surface area (Å²) in [6.07, 6.45) is 0. The van der Waals surface area contributed by atoms with Crippen molar-refractivity contribution >= 4 is 23.4 Å². The Labute approximate surface area is 124 Å². The van der Waals surface area contributed by atoms with Crippen molar-refractivity contribution in [3.63, 3.8) is 0 Å². The molecule has 0 spiro atoms. The number of aromatic nitrogens is 3. The highest BCUT2D eigenvalue weighted by molar-refractivity contribution is 7.99. The third-order valence-corrected chi connectivity index (χ3v) is 3.70. The molecule has 0 bridgehead atoms. The van der Waals surface area contributed by atoms with Gasteiger partial charge in [-0.25, -0.2) is 9.67 Å². The van der Waals surface area contributed by atoms with E-state index in [1.54, 1.807) is 26.1 Å². The summed E-state index contributed by atoms with van der Waals surface area (Å²) in [5, 5.41) is 24.1. The molecule has 1 heterocycles. The second kappa shape index (κ2) is 5.92. The molecule has 1 aromatic heterocycles. The number of benzene rings is 1. The molecule has 0 aliphatic carbocycles. The van der Waals surface area contributed by atoms with Crippen molar-refractivity contribution in [3.8, 4) is 11.4 Å². The number of carboxylic acids is 1. The molecule has 0 fully saturated rings. The molecule has 0 aliphatic heterocycles. The van der Waals surface area contributed by atoms with E-state index in [1.807, 2.05) is 0 Å². The lowest BCUT2D eigenvalue weighted by atomic mass is 10.1. The standard InChI is InChI=1S/C12H12N4O4S/c1-7-5-8(3-4-9(7)16(19)20)11-13-12(15(2)14-11)21-6-10(17)18/h3-5H,6H2,1-2H3,(H,17,18). The molecule has 0 amide bonds. The molecular formula is C12H12N4O4S. The maximum atomic E-state index is 10.8. The van der Waals surface area contributed by atoms with Crippen molar-refractivity contribution in [1.29, 1.82) is 0 Å². The molecule has 2 rings (SSSR count). The summed E-state index contributed by atoms with van der Waals surface area (Å²) < 4.78 is 1.49. The maximum Gasteiger partial charge on any atom is 0.313 e. The number of hydrogen-bond donors (Lipinski definition) is 1. The van der Waals surface area contributed by atoms with Gasteiger partial charge < -0.3 is 5.11 Å². The Bertz CT molecular complexity index is 713. The molecule has 9 heteroatoms. The Morgan fingerprint density at radius 1 is 1.52 bits per heavy atom. The minimum atomic E-state index is -0.935. The van der Waals surface area contributed by atoms with Crippen molar-refractivity contribution < 1.29 is 14.8 Å². The van der Waals surface area contributed by atoms with Gasteiger partial charge in [0.1, 0.15) is 0 Å². The number of carbonyl (C=O) groups is 1. The number of thioether (sulfide) groups is 1. The largest absolute Gasteiger partial charge is 0.481 e. The van der Waals surface area contributed by atoms with Gasteiger partial charge in [-0.2, -0.15) is 5.10 Å². The first kappa shape index (κ1) is 15.0. The van der Waals surface area contributed by atoms with Crippen LogP contribution in [0.2, 0.25) is 0 Å². The van der Waals surface area contributed by atoms with Crippen molar-refractivity contribution in [2.75, 3.05) is 5.75 Å². The second-order valence-corrected chi connectivity index (χ2v) is 5.22. The number of aliphatic carboxylic acids is 1. The van der Waals surface area contributed by atoms with Crippen LogP contribution in [0.3, 0.4) is 0 Å². The van der Waals surface area contributed by atoms with Gasteiger partial charge >= 0.3 is 5.97 Å². The highest BCUT2D eigenvalue weighted by Crippen LogP contribution is 2.25. The van der Waals surface area contributed by atoms with Gasteiger partial charge in [-0.3, -0.25) is 14.9 Å². The zero-order valence-electron chi connectivity index (χ0n) is 11.3. The molecular weight excluding hydrogens is 296 g/mol. The topological polar surface area (TPSA) is 111 Å². The zero-order valence-corrected chi connectivity index (χ0v) is 12.1. The molecule has 0 unspecified atom stereocenters. The lowest BCUT2D eigenvalue weighted by molar-refractivity contribution is -0.385. The Morgan fingerprint density at radius 2 is 2.24 bits per heavy atom. The van der Waals surface area contributed by atoms with Crippen molar-refractivity contribution in [2.45, 2.75) is 12.1 Å². The molecule has 8 nitrogen and oxygen atoms in total. The summed E-state index contributed by atoms with van der Waals surface area (Å²) in [7, 11) is 1.67. The monoisotopic (exact) mass is 308 g/mol. The summed E-state index contributed by atoms with van der Waals surface area (Å²) in [5.74, 6) is -0.634. The van der Waals surface area contributed by atoms with Gasteiger partial charge in [0.2, 0.25) is 0 Å². The van der Waals surface area contributed by atoms with Gasteiger partial charge in [0.25, 0.3) is 5.69 Å². The molecule has 1 N–H and O–H groups in total. The van der Waals surface area contributed by atoms with E-state index in [0.29, 0.717) is 22.1 Å². The van der Waals surface area contributed by atoms with E-state index in [9.17, 15) is 14.9 Å². The fourth-order valence-corrected chi connectivity index (χ4v) is 2.38. The number of rotatable bonds is 5. The van der Waals surface area contributed by atoms with Crippen LogP contribution in [0.5, 0.6) is 0 Å². The van der Waals surface area contributed by atoms with E-state index in [0.717, 1.165) is 11.8 Å². The summed E-state index contributed by atoms with van der Waals surface area (Å²) >= 11 is 1.06. The van der Waals surface area contributed by atoms with Crippen LogP contribution in [0.1, 0.15) is 5.56 Å². The first-order valence-electron chi connectivity index (χ1n) is 5.89. The van der Waals surface area contributed by atoms with Crippen molar-refractivity contribution in [3.05, 3.63) is 33.9 Å². The van der Waals surface area contributed by atoms with Crippen LogP contribution in [-0.2, 0) is 11.8 Å². The Morgan fingerprint density at radius 3 is 2.81 bits per heavy atom. The first-order chi connectivity index (χ1) is 9.88. The summed E-state index contributed by atoms with van der Waals surface area (Å²) in [5.41, 5.74) is 1.20. The van der Waals surface area contributed by atoms with Gasteiger partial charge in [-0.05, 0) is 19.1 Å². The molecule has 0 atom stereocenters. The van der Waals surface area contributed by atoms with E-state index in [-0.39, 0.29) is 11.4 Å². The number of nitrogens with zero attached hydrogens (tertiary/aromatic N) is 4. The lowest BCUT2D eigenvalue weighted by Crippen LogP contribution is -2.00. The van der Waals surface area contributed by atoms with Gasteiger partial charge in [0, 0.05) is 24.2 Å². The Kier molecular flexibility index (Phi) is 4.22. The average Bonchev–Trinajstić information content (AvgIpc) is 2.77. The Balaban J connectivity index is 2.30. The fraction of sp³-hybridized carbons (Fsp3) is 0.250. The quantitative estimate of drug-likeness (QED) is 0.510. The summed E-state index contributed by atoms with van der Waals surface area (Å²) in [4.78, 5) is 25.2. The van der Waals surface area contributed by atoms with E-state index in [1.165, 1.54) is 10.7 Å². The maximum absolute atomic E-state index is 10.8. The predicted octanol–water partition coefficient (Wildman–Crippen LogP) is 1.88. The van der Waals surface area contributed by atoms with Gasteiger partial charge in [-0.15, -0.1) is 0 Å². The van der Waals surface area contributed by atoms with Crippen LogP contribution in [0.15, 0.2) is 23.4 Å². The van der Waals surface area contributed by atoms with Crippen LogP contribution < -0.4 is 0 Å². The highest BCUT2D eigenvalue weighted by atomic mass is 32.2. The second-order valence-electron chi connectivity index (χ2n) is 4.28. The fourth-order valence-electron chi connectivity index (χ4n) is 1.74. The third-order valence-electron chi connectivity index (χ3n) is 2.70. The van der Waals surface area contributed by atoms with Crippen LogP contribution in [-0.4, -0.2) is 36.5 Å². The highest BCUT2D eigenvalue weighted by Gasteiger charge is 2.15. The molecule has 1 aromatic carbocycles. The van der Waals surface area contributed by atoms with Crippen molar-refractivity contribution in [2.24, 2.45) is 7.05 Å². The summed E-state index contributed by atoms with van der Waals surface area (Å²) in [6, 6.07) is 4.62. The van der Waals surface area contributed by atoms with E-state index >= 15 is 0 Å². The van der Waals surface area contributed by atoms with E-state index in [4.69, 9.17) is 5.11 Å². The first-order valence-corrected chi connectivity index (χ1v) is 6.88. The minimum absolute atomic E-state index is 0.0372. The number of carboxylic acid groups (broad SMARTS) is 1. The lowest BCUT2D eigenvalue weighted by Gasteiger charge is -1.99. The molecule has 0 saturated heterocycles. The predicted molar refractivity (Wildman–Crippen MR) is 76.2 cm³/mol. The third kappa shape index (κ3) is 3.37. The van der Waals surface area contributed by atoms with Crippen LogP contribution >= 0.6 is 11.8 Å². The van der Waals surface area contributed by atoms with E-state index < -0.39 is 10.9 Å². The average molecular weight is 308 g/mol. The Hall–Kier alpha value is -2.42. The normalized spacial score (nSPS) is 10.6. The zero-order chi connectivity index (χ0) is 15.6. The smallest absolute Gasteiger partial charge is 0.313 e. The number of aryl methyl sites for hydroxylation is 2. The van der Waals surface area contributed by atoms with Crippen molar-refractivity contribution in [1.82, 2.24) is 14.8 Å². The summed E-state index contributed by atoms with van der Waals surface area (Å²) in [6.45, 7) is 1.64. The molecule has 0 aliphatic rings. The molecule has 2 aromatic rings. The molecule has 21 heavy (non-hydrogen) atoms. The van der Waals surface area contributed by atoms with Gasteiger partial charge in [0.15, 0.2) is 11.0 Å². The van der Waals surface area contributed by atoms with Gasteiger partial charge in [0.05, 0.1) is 10.7 Å². The molecule has 0 radical (unpaired) electrons. The van der Waals surface area contributed by atoms with E-state index in [2.05, 4.69) is 10.1 Å².